The quantitative estimate of drug-likeness (QED) is 0.833. The number of likely N-dealkylation sites (N-methyl/N-ethyl adjacent to an activating group) is 1. The fourth-order valence-electron chi connectivity index (χ4n) is 3.51. The Kier molecular flexibility index (Phi) is 5.38. The number of fused-ring (bicyclic) bond motifs is 1. The number of rotatable bonds is 6. The van der Waals surface area contributed by atoms with Crippen molar-refractivity contribution in [3.05, 3.63) is 36.0 Å². The van der Waals surface area contributed by atoms with E-state index >= 15 is 0 Å². The lowest BCUT2D eigenvalue weighted by molar-refractivity contribution is -0.134. The molecule has 3 rings (SSSR count). The highest BCUT2D eigenvalue weighted by molar-refractivity contribution is 5.84. The van der Waals surface area contributed by atoms with Crippen molar-refractivity contribution in [3.8, 4) is 0 Å². The van der Waals surface area contributed by atoms with E-state index in [1.165, 1.54) is 10.9 Å². The van der Waals surface area contributed by atoms with Crippen LogP contribution in [0.1, 0.15) is 18.4 Å². The molecule has 0 radical (unpaired) electrons. The Morgan fingerprint density at radius 2 is 2.12 bits per heavy atom. The number of para-hydroxylation sites is 1. The number of nitrogens with zero attached hydrogens (tertiary/aromatic N) is 2. The monoisotopic (exact) mass is 342 g/mol. The molecule has 0 aliphatic carbocycles. The predicted octanol–water partition coefficient (Wildman–Crippen LogP) is 1.38. The SMILES string of the molecule is CN(C)C(=O)C1CCCN1CC(=O)NCCc1c[nH]c2ccccc12. The van der Waals surface area contributed by atoms with E-state index in [0.717, 1.165) is 31.3 Å². The number of carbonyl (C=O) groups excluding carboxylic acids is 2. The molecule has 1 aliphatic heterocycles. The molecule has 2 heterocycles. The van der Waals surface area contributed by atoms with Gasteiger partial charge in [0.25, 0.3) is 0 Å². The van der Waals surface area contributed by atoms with Crippen LogP contribution in [0.15, 0.2) is 30.5 Å². The smallest absolute Gasteiger partial charge is 0.239 e. The van der Waals surface area contributed by atoms with Gasteiger partial charge in [-0.15, -0.1) is 0 Å². The van der Waals surface area contributed by atoms with E-state index in [-0.39, 0.29) is 24.4 Å². The maximum atomic E-state index is 12.2. The van der Waals surface area contributed by atoms with E-state index in [1.807, 2.05) is 29.3 Å². The minimum absolute atomic E-state index is 0.0155. The number of amides is 2. The standard InChI is InChI=1S/C19H26N4O2/c1-22(2)19(25)17-8-5-11-23(17)13-18(24)20-10-9-14-12-21-16-7-4-3-6-15(14)16/h3-4,6-7,12,17,21H,5,8-11,13H2,1-2H3,(H,20,24). The van der Waals surface area contributed by atoms with Gasteiger partial charge in [-0.1, -0.05) is 18.2 Å². The van der Waals surface area contributed by atoms with Gasteiger partial charge in [0.05, 0.1) is 12.6 Å². The summed E-state index contributed by atoms with van der Waals surface area (Å²) >= 11 is 0. The third kappa shape index (κ3) is 4.02. The van der Waals surface area contributed by atoms with Crippen LogP contribution in [0.5, 0.6) is 0 Å². The summed E-state index contributed by atoms with van der Waals surface area (Å²) in [6.07, 6.45) is 4.59. The molecule has 6 heteroatoms. The predicted molar refractivity (Wildman–Crippen MR) is 98.3 cm³/mol. The molecule has 1 aromatic carbocycles. The Labute approximate surface area is 148 Å². The topological polar surface area (TPSA) is 68.4 Å². The highest BCUT2D eigenvalue weighted by Crippen LogP contribution is 2.19. The molecule has 2 N–H and O–H groups in total. The number of H-pyrrole nitrogens is 1. The lowest BCUT2D eigenvalue weighted by Crippen LogP contribution is -2.46. The molecule has 1 aromatic heterocycles. The molecular formula is C19H26N4O2. The van der Waals surface area contributed by atoms with Crippen molar-refractivity contribution in [2.75, 3.05) is 33.7 Å². The first-order valence-electron chi connectivity index (χ1n) is 8.83. The van der Waals surface area contributed by atoms with Crippen molar-refractivity contribution in [1.82, 2.24) is 20.1 Å². The van der Waals surface area contributed by atoms with Gasteiger partial charge in [-0.2, -0.15) is 0 Å². The van der Waals surface area contributed by atoms with Crippen LogP contribution in [-0.4, -0.2) is 66.4 Å². The number of likely N-dealkylation sites (tertiary alicyclic amines) is 1. The first-order chi connectivity index (χ1) is 12.1. The van der Waals surface area contributed by atoms with Crippen LogP contribution in [0.25, 0.3) is 10.9 Å². The molecule has 0 spiro atoms. The third-order valence-electron chi connectivity index (χ3n) is 4.83. The number of hydrogen-bond acceptors (Lipinski definition) is 3. The van der Waals surface area contributed by atoms with Crippen molar-refractivity contribution >= 4 is 22.7 Å². The molecule has 1 fully saturated rings. The third-order valence-corrected chi connectivity index (χ3v) is 4.83. The molecule has 1 saturated heterocycles. The molecular weight excluding hydrogens is 316 g/mol. The fourth-order valence-corrected chi connectivity index (χ4v) is 3.51. The molecule has 1 atom stereocenters. The van der Waals surface area contributed by atoms with E-state index in [0.29, 0.717) is 6.54 Å². The van der Waals surface area contributed by atoms with E-state index in [4.69, 9.17) is 0 Å². The lowest BCUT2D eigenvalue weighted by Gasteiger charge is -2.25. The molecule has 6 nitrogen and oxygen atoms in total. The van der Waals surface area contributed by atoms with Gasteiger partial charge in [0, 0.05) is 37.7 Å². The summed E-state index contributed by atoms with van der Waals surface area (Å²) in [5.41, 5.74) is 2.32. The van der Waals surface area contributed by atoms with Gasteiger partial charge < -0.3 is 15.2 Å². The van der Waals surface area contributed by atoms with Crippen molar-refractivity contribution in [3.63, 3.8) is 0 Å². The number of nitrogens with one attached hydrogen (secondary N) is 2. The molecule has 25 heavy (non-hydrogen) atoms. The lowest BCUT2D eigenvalue weighted by atomic mass is 10.1. The van der Waals surface area contributed by atoms with Gasteiger partial charge in [0.2, 0.25) is 11.8 Å². The van der Waals surface area contributed by atoms with Gasteiger partial charge in [0.15, 0.2) is 0 Å². The maximum absolute atomic E-state index is 12.2. The first-order valence-corrected chi connectivity index (χ1v) is 8.83. The van der Waals surface area contributed by atoms with Crippen LogP contribution in [-0.2, 0) is 16.0 Å². The second-order valence-electron chi connectivity index (χ2n) is 6.82. The van der Waals surface area contributed by atoms with E-state index < -0.39 is 0 Å². The number of carbonyl (C=O) groups is 2. The molecule has 0 bridgehead atoms. The minimum atomic E-state index is -0.158. The summed E-state index contributed by atoms with van der Waals surface area (Å²) in [7, 11) is 3.53. The number of benzene rings is 1. The van der Waals surface area contributed by atoms with Gasteiger partial charge in [-0.25, -0.2) is 0 Å². The maximum Gasteiger partial charge on any atom is 0.239 e. The van der Waals surface area contributed by atoms with Crippen molar-refractivity contribution in [1.29, 1.82) is 0 Å². The zero-order chi connectivity index (χ0) is 17.8. The van der Waals surface area contributed by atoms with E-state index in [2.05, 4.69) is 16.4 Å². The Morgan fingerprint density at radius 1 is 1.32 bits per heavy atom. The molecule has 1 unspecified atom stereocenters. The van der Waals surface area contributed by atoms with Crippen molar-refractivity contribution in [2.45, 2.75) is 25.3 Å². The number of hydrogen-bond donors (Lipinski definition) is 2. The van der Waals surface area contributed by atoms with Crippen LogP contribution in [0, 0.1) is 0 Å². The Balaban J connectivity index is 1.49. The van der Waals surface area contributed by atoms with Gasteiger partial charge in [0.1, 0.15) is 0 Å². The van der Waals surface area contributed by atoms with Gasteiger partial charge >= 0.3 is 0 Å². The zero-order valence-electron chi connectivity index (χ0n) is 14.9. The molecule has 134 valence electrons. The summed E-state index contributed by atoms with van der Waals surface area (Å²) in [5, 5.41) is 4.18. The van der Waals surface area contributed by atoms with Crippen LogP contribution in [0.3, 0.4) is 0 Å². The fraction of sp³-hybridized carbons (Fsp3) is 0.474. The van der Waals surface area contributed by atoms with Gasteiger partial charge in [-0.05, 0) is 37.4 Å². The summed E-state index contributed by atoms with van der Waals surface area (Å²) < 4.78 is 0. The molecule has 0 saturated carbocycles. The summed E-state index contributed by atoms with van der Waals surface area (Å²) in [4.78, 5) is 31.3. The van der Waals surface area contributed by atoms with Crippen LogP contribution >= 0.6 is 0 Å². The van der Waals surface area contributed by atoms with Crippen LogP contribution in [0.4, 0.5) is 0 Å². The van der Waals surface area contributed by atoms with Crippen LogP contribution < -0.4 is 5.32 Å². The summed E-state index contributed by atoms with van der Waals surface area (Å²) in [5.74, 6) is 0.0717. The highest BCUT2D eigenvalue weighted by Gasteiger charge is 2.32. The second kappa shape index (κ2) is 7.70. The Morgan fingerprint density at radius 3 is 2.92 bits per heavy atom. The summed E-state index contributed by atoms with van der Waals surface area (Å²) in [6.45, 7) is 1.69. The van der Waals surface area contributed by atoms with Crippen LogP contribution in [0.2, 0.25) is 0 Å². The first kappa shape index (κ1) is 17.5. The normalized spacial score (nSPS) is 17.8. The number of aromatic amines is 1. The minimum Gasteiger partial charge on any atom is -0.361 e. The average Bonchev–Trinajstić information content (AvgIpc) is 3.21. The summed E-state index contributed by atoms with van der Waals surface area (Å²) in [6, 6.07) is 8.01. The van der Waals surface area contributed by atoms with Crippen molar-refractivity contribution < 1.29 is 9.59 Å². The molecule has 2 amide bonds. The second-order valence-corrected chi connectivity index (χ2v) is 6.82. The Bertz CT molecular complexity index is 753. The van der Waals surface area contributed by atoms with E-state index in [1.54, 1.807) is 19.0 Å². The zero-order valence-corrected chi connectivity index (χ0v) is 14.9. The largest absolute Gasteiger partial charge is 0.361 e. The van der Waals surface area contributed by atoms with Crippen molar-refractivity contribution in [2.24, 2.45) is 0 Å². The average molecular weight is 342 g/mol. The molecule has 2 aromatic rings. The van der Waals surface area contributed by atoms with E-state index in [9.17, 15) is 9.59 Å². The number of aromatic nitrogens is 1. The molecule has 1 aliphatic rings. The highest BCUT2D eigenvalue weighted by atomic mass is 16.2. The Hall–Kier alpha value is -2.34. The van der Waals surface area contributed by atoms with Gasteiger partial charge in [-0.3, -0.25) is 14.5 Å².